The molecular weight excluding hydrogens is 376 g/mol. The Bertz CT molecular complexity index is 887. The molecule has 0 fully saturated rings. The van der Waals surface area contributed by atoms with E-state index in [1.165, 1.54) is 12.3 Å². The van der Waals surface area contributed by atoms with Crippen LogP contribution >= 0.6 is 11.6 Å². The van der Waals surface area contributed by atoms with E-state index < -0.39 is 5.91 Å². The normalized spacial score (nSPS) is 12.4. The van der Waals surface area contributed by atoms with Crippen molar-refractivity contribution in [1.29, 1.82) is 0 Å². The Balaban J connectivity index is 2.37. The molecule has 0 aromatic heterocycles. The molecule has 2 rings (SSSR count). The number of halogens is 1. The Morgan fingerprint density at radius 1 is 1.00 bits per heavy atom. The summed E-state index contributed by atoms with van der Waals surface area (Å²) >= 11 is 5.91. The molecule has 0 spiro atoms. The quantitative estimate of drug-likeness (QED) is 0.492. The number of carbonyl (C=O) groups excluding carboxylic acids is 1. The van der Waals surface area contributed by atoms with Crippen molar-refractivity contribution in [1.82, 2.24) is 5.43 Å². The van der Waals surface area contributed by atoms with Crippen molar-refractivity contribution < 1.29 is 15.0 Å². The lowest BCUT2D eigenvalue weighted by molar-refractivity contribution is 0.0955. The zero-order chi connectivity index (χ0) is 21.3. The first-order valence-electron chi connectivity index (χ1n) is 9.00. The smallest absolute Gasteiger partial charge is 0.271 e. The Morgan fingerprint density at radius 3 is 2.04 bits per heavy atom. The number of amides is 1. The third-order valence-electron chi connectivity index (χ3n) is 4.35. The van der Waals surface area contributed by atoms with E-state index in [0.717, 1.165) is 0 Å². The van der Waals surface area contributed by atoms with E-state index in [-0.39, 0.29) is 22.3 Å². The molecule has 3 N–H and O–H groups in total. The van der Waals surface area contributed by atoms with Crippen LogP contribution in [0.1, 0.15) is 68.6 Å². The summed E-state index contributed by atoms with van der Waals surface area (Å²) in [7, 11) is 0. The number of carbonyl (C=O) groups is 1. The van der Waals surface area contributed by atoms with Crippen molar-refractivity contribution in [3.63, 3.8) is 0 Å². The molecule has 0 bridgehead atoms. The second-order valence-corrected chi connectivity index (χ2v) is 9.26. The number of nitrogens with zero attached hydrogens (tertiary/aromatic N) is 1. The van der Waals surface area contributed by atoms with Crippen LogP contribution in [0.3, 0.4) is 0 Å². The van der Waals surface area contributed by atoms with Crippen molar-refractivity contribution in [3.8, 4) is 11.5 Å². The summed E-state index contributed by atoms with van der Waals surface area (Å²) in [6.45, 7) is 11.9. The van der Waals surface area contributed by atoms with E-state index >= 15 is 0 Å². The molecule has 0 heterocycles. The van der Waals surface area contributed by atoms with E-state index in [0.29, 0.717) is 27.3 Å². The first-order chi connectivity index (χ1) is 12.8. The SMILES string of the molecule is CC(C)(C)c1cc(C(=O)NN=Cc2cc(Cl)ccc2O)cc(C(C)(C)C)c1O. The van der Waals surface area contributed by atoms with Crippen LogP contribution in [0.5, 0.6) is 11.5 Å². The van der Waals surface area contributed by atoms with Crippen molar-refractivity contribution in [3.05, 3.63) is 57.6 Å². The van der Waals surface area contributed by atoms with Gasteiger partial charge < -0.3 is 10.2 Å². The zero-order valence-electron chi connectivity index (χ0n) is 17.1. The summed E-state index contributed by atoms with van der Waals surface area (Å²) < 4.78 is 0. The summed E-state index contributed by atoms with van der Waals surface area (Å²) in [4.78, 5) is 12.7. The maximum atomic E-state index is 12.7. The Morgan fingerprint density at radius 2 is 1.54 bits per heavy atom. The minimum Gasteiger partial charge on any atom is -0.507 e. The van der Waals surface area contributed by atoms with Crippen LogP contribution in [0.2, 0.25) is 5.02 Å². The Labute approximate surface area is 171 Å². The first kappa shape index (κ1) is 21.8. The third kappa shape index (κ3) is 5.04. The molecule has 0 saturated heterocycles. The minimum absolute atomic E-state index is 0.0112. The van der Waals surface area contributed by atoms with Gasteiger partial charge in [-0.2, -0.15) is 5.10 Å². The van der Waals surface area contributed by atoms with Crippen LogP contribution in [-0.2, 0) is 10.8 Å². The van der Waals surface area contributed by atoms with Crippen LogP contribution in [0.25, 0.3) is 0 Å². The Hall–Kier alpha value is -2.53. The van der Waals surface area contributed by atoms with Gasteiger partial charge in [0.1, 0.15) is 11.5 Å². The molecule has 0 atom stereocenters. The summed E-state index contributed by atoms with van der Waals surface area (Å²) in [5.41, 5.74) is 3.98. The van der Waals surface area contributed by atoms with Gasteiger partial charge in [-0.05, 0) is 41.2 Å². The highest BCUT2D eigenvalue weighted by atomic mass is 35.5. The van der Waals surface area contributed by atoms with Crippen LogP contribution in [0.4, 0.5) is 0 Å². The van der Waals surface area contributed by atoms with Gasteiger partial charge in [-0.3, -0.25) is 4.79 Å². The van der Waals surface area contributed by atoms with Gasteiger partial charge in [0.15, 0.2) is 0 Å². The fourth-order valence-corrected chi connectivity index (χ4v) is 2.94. The average Bonchev–Trinajstić information content (AvgIpc) is 2.55. The zero-order valence-corrected chi connectivity index (χ0v) is 17.8. The van der Waals surface area contributed by atoms with Crippen molar-refractivity contribution in [2.24, 2.45) is 5.10 Å². The summed E-state index contributed by atoms with van der Waals surface area (Å²) in [6, 6.07) is 7.93. The molecule has 0 saturated carbocycles. The monoisotopic (exact) mass is 402 g/mol. The molecule has 0 aliphatic heterocycles. The largest absolute Gasteiger partial charge is 0.507 e. The highest BCUT2D eigenvalue weighted by molar-refractivity contribution is 6.30. The average molecular weight is 403 g/mol. The molecule has 6 heteroatoms. The predicted octanol–water partition coefficient (Wildman–Crippen LogP) is 5.11. The fourth-order valence-electron chi connectivity index (χ4n) is 2.76. The number of hydrazone groups is 1. The molecule has 2 aromatic carbocycles. The number of aromatic hydroxyl groups is 2. The van der Waals surface area contributed by atoms with Crippen LogP contribution in [0, 0.1) is 0 Å². The molecule has 0 aliphatic rings. The van der Waals surface area contributed by atoms with Crippen molar-refractivity contribution >= 4 is 23.7 Å². The maximum Gasteiger partial charge on any atom is 0.271 e. The standard InChI is InChI=1S/C22H27ClN2O3/c1-21(2,3)16-10-13(11-17(19(16)27)22(4,5)6)20(28)25-24-12-14-9-15(23)7-8-18(14)26/h7-12,26-27H,1-6H3,(H,25,28). The predicted molar refractivity (Wildman–Crippen MR) is 114 cm³/mol. The van der Waals surface area contributed by atoms with Crippen molar-refractivity contribution in [2.75, 3.05) is 0 Å². The molecule has 2 aromatic rings. The number of phenols is 2. The molecule has 0 aliphatic carbocycles. The van der Waals surface area contributed by atoms with E-state index in [1.54, 1.807) is 24.3 Å². The van der Waals surface area contributed by atoms with Crippen molar-refractivity contribution in [2.45, 2.75) is 52.4 Å². The summed E-state index contributed by atoms with van der Waals surface area (Å²) in [5.74, 6) is -0.185. The number of benzene rings is 2. The lowest BCUT2D eigenvalue weighted by Crippen LogP contribution is -2.22. The van der Waals surface area contributed by atoms with Crippen LogP contribution in [0.15, 0.2) is 35.4 Å². The number of nitrogens with one attached hydrogen (secondary N) is 1. The minimum atomic E-state index is -0.409. The second-order valence-electron chi connectivity index (χ2n) is 8.82. The highest BCUT2D eigenvalue weighted by Gasteiger charge is 2.27. The topological polar surface area (TPSA) is 81.9 Å². The lowest BCUT2D eigenvalue weighted by atomic mass is 9.78. The molecule has 5 nitrogen and oxygen atoms in total. The van der Waals surface area contributed by atoms with Gasteiger partial charge in [0.05, 0.1) is 6.21 Å². The van der Waals surface area contributed by atoms with Gasteiger partial charge in [0.25, 0.3) is 5.91 Å². The van der Waals surface area contributed by atoms with E-state index in [4.69, 9.17) is 11.6 Å². The number of hydrogen-bond acceptors (Lipinski definition) is 4. The van der Waals surface area contributed by atoms with E-state index in [1.807, 2.05) is 41.5 Å². The fraction of sp³-hybridized carbons (Fsp3) is 0.364. The van der Waals surface area contributed by atoms with Gasteiger partial charge in [-0.1, -0.05) is 53.1 Å². The van der Waals surface area contributed by atoms with Gasteiger partial charge >= 0.3 is 0 Å². The number of rotatable bonds is 3. The Kier molecular flexibility index (Phi) is 6.09. The molecular formula is C22H27ClN2O3. The third-order valence-corrected chi connectivity index (χ3v) is 4.58. The van der Waals surface area contributed by atoms with E-state index in [9.17, 15) is 15.0 Å². The molecule has 28 heavy (non-hydrogen) atoms. The van der Waals surface area contributed by atoms with Gasteiger partial charge in [-0.25, -0.2) is 5.43 Å². The summed E-state index contributed by atoms with van der Waals surface area (Å²) in [5, 5.41) is 24.9. The van der Waals surface area contributed by atoms with Gasteiger partial charge in [-0.15, -0.1) is 0 Å². The van der Waals surface area contributed by atoms with E-state index in [2.05, 4.69) is 10.5 Å². The molecule has 0 unspecified atom stereocenters. The highest BCUT2D eigenvalue weighted by Crippen LogP contribution is 2.39. The molecule has 1 amide bonds. The molecule has 0 radical (unpaired) electrons. The van der Waals surface area contributed by atoms with Gasteiger partial charge in [0, 0.05) is 27.3 Å². The lowest BCUT2D eigenvalue weighted by Gasteiger charge is -2.28. The number of hydrogen-bond donors (Lipinski definition) is 3. The second kappa shape index (κ2) is 7.84. The van der Waals surface area contributed by atoms with Crippen LogP contribution < -0.4 is 5.43 Å². The first-order valence-corrected chi connectivity index (χ1v) is 9.38. The summed E-state index contributed by atoms with van der Waals surface area (Å²) in [6.07, 6.45) is 1.33. The van der Waals surface area contributed by atoms with Gasteiger partial charge in [0.2, 0.25) is 0 Å². The number of phenolic OH excluding ortho intramolecular Hbond substituents is 2. The van der Waals surface area contributed by atoms with Crippen LogP contribution in [-0.4, -0.2) is 22.3 Å². The molecule has 150 valence electrons. The maximum absolute atomic E-state index is 12.7.